The summed E-state index contributed by atoms with van der Waals surface area (Å²) in [5.74, 6) is 0.842. The second-order valence-electron chi connectivity index (χ2n) is 3.86. The Morgan fingerprint density at radius 3 is 2.88 bits per heavy atom. The van der Waals surface area contributed by atoms with Crippen LogP contribution in [0.2, 0.25) is 5.15 Å². The first-order valence-corrected chi connectivity index (χ1v) is 6.37. The zero-order chi connectivity index (χ0) is 12.4. The van der Waals surface area contributed by atoms with Crippen molar-refractivity contribution in [2.45, 2.75) is 19.9 Å². The SMILES string of the molecule is Cc1cnc(Cl)c(NC(C)c2ccc(Br)o2)c1. The van der Waals surface area contributed by atoms with E-state index < -0.39 is 0 Å². The molecule has 1 unspecified atom stereocenters. The quantitative estimate of drug-likeness (QED) is 0.843. The number of hydrogen-bond donors (Lipinski definition) is 1. The summed E-state index contributed by atoms with van der Waals surface area (Å²) in [6, 6.07) is 5.77. The second-order valence-corrected chi connectivity index (χ2v) is 5.00. The van der Waals surface area contributed by atoms with E-state index in [1.165, 1.54) is 0 Å². The number of nitrogens with zero attached hydrogens (tertiary/aromatic N) is 1. The lowest BCUT2D eigenvalue weighted by Gasteiger charge is -2.14. The van der Waals surface area contributed by atoms with Gasteiger partial charge in [-0.05, 0) is 53.5 Å². The molecule has 0 amide bonds. The molecule has 0 saturated heterocycles. The summed E-state index contributed by atoms with van der Waals surface area (Å²) < 4.78 is 6.20. The first-order valence-electron chi connectivity index (χ1n) is 5.20. The summed E-state index contributed by atoms with van der Waals surface area (Å²) >= 11 is 9.30. The zero-order valence-electron chi connectivity index (χ0n) is 9.50. The number of anilines is 1. The van der Waals surface area contributed by atoms with Gasteiger partial charge in [0.1, 0.15) is 5.76 Å². The van der Waals surface area contributed by atoms with Gasteiger partial charge in [0.15, 0.2) is 9.82 Å². The summed E-state index contributed by atoms with van der Waals surface area (Å²) in [5, 5.41) is 3.74. The first kappa shape index (κ1) is 12.5. The molecule has 0 spiro atoms. The maximum atomic E-state index is 6.02. The van der Waals surface area contributed by atoms with Gasteiger partial charge in [-0.2, -0.15) is 0 Å². The fraction of sp³-hybridized carbons (Fsp3) is 0.250. The largest absolute Gasteiger partial charge is 0.452 e. The van der Waals surface area contributed by atoms with Crippen LogP contribution in [-0.2, 0) is 0 Å². The Hall–Kier alpha value is -1.000. The van der Waals surface area contributed by atoms with Gasteiger partial charge in [0.2, 0.25) is 0 Å². The van der Waals surface area contributed by atoms with Crippen molar-refractivity contribution in [3.8, 4) is 0 Å². The van der Waals surface area contributed by atoms with Crippen molar-refractivity contribution in [1.29, 1.82) is 0 Å². The minimum absolute atomic E-state index is 0.0300. The predicted molar refractivity (Wildman–Crippen MR) is 72.4 cm³/mol. The monoisotopic (exact) mass is 314 g/mol. The number of aromatic nitrogens is 1. The summed E-state index contributed by atoms with van der Waals surface area (Å²) in [6.45, 7) is 3.98. The lowest BCUT2D eigenvalue weighted by Crippen LogP contribution is -2.06. The normalized spacial score (nSPS) is 12.5. The van der Waals surface area contributed by atoms with Gasteiger partial charge < -0.3 is 9.73 Å². The Kier molecular flexibility index (Phi) is 3.74. The molecule has 2 aromatic rings. The molecule has 0 aromatic carbocycles. The van der Waals surface area contributed by atoms with Crippen molar-refractivity contribution in [1.82, 2.24) is 4.98 Å². The fourth-order valence-electron chi connectivity index (χ4n) is 1.52. The number of pyridine rings is 1. The minimum Gasteiger partial charge on any atom is -0.452 e. The van der Waals surface area contributed by atoms with E-state index in [-0.39, 0.29) is 6.04 Å². The van der Waals surface area contributed by atoms with E-state index in [0.717, 1.165) is 21.7 Å². The number of rotatable bonds is 3. The van der Waals surface area contributed by atoms with Crippen LogP contribution in [0.5, 0.6) is 0 Å². The Morgan fingerprint density at radius 1 is 1.47 bits per heavy atom. The van der Waals surface area contributed by atoms with Crippen LogP contribution in [0.3, 0.4) is 0 Å². The molecule has 2 aromatic heterocycles. The van der Waals surface area contributed by atoms with Crippen molar-refractivity contribution in [2.24, 2.45) is 0 Å². The third kappa shape index (κ3) is 3.01. The maximum absolute atomic E-state index is 6.02. The number of nitrogens with one attached hydrogen (secondary N) is 1. The Labute approximate surface area is 113 Å². The number of aryl methyl sites for hydroxylation is 1. The minimum atomic E-state index is 0.0300. The molecule has 0 aliphatic rings. The van der Waals surface area contributed by atoms with Gasteiger partial charge in [0, 0.05) is 6.20 Å². The van der Waals surface area contributed by atoms with Gasteiger partial charge >= 0.3 is 0 Å². The molecular formula is C12H12BrClN2O. The van der Waals surface area contributed by atoms with Crippen LogP contribution in [0.25, 0.3) is 0 Å². The van der Waals surface area contributed by atoms with Crippen LogP contribution in [0.15, 0.2) is 33.5 Å². The van der Waals surface area contributed by atoms with E-state index in [1.807, 2.05) is 32.0 Å². The van der Waals surface area contributed by atoms with Crippen molar-refractivity contribution in [2.75, 3.05) is 5.32 Å². The average molecular weight is 316 g/mol. The highest BCUT2D eigenvalue weighted by molar-refractivity contribution is 9.10. The predicted octanol–water partition coefficient (Wildman–Crippen LogP) is 4.57. The lowest BCUT2D eigenvalue weighted by atomic mass is 10.2. The van der Waals surface area contributed by atoms with Crippen molar-refractivity contribution >= 4 is 33.2 Å². The molecular weight excluding hydrogens is 304 g/mol. The Morgan fingerprint density at radius 2 is 2.24 bits per heavy atom. The highest BCUT2D eigenvalue weighted by Gasteiger charge is 2.11. The molecule has 5 heteroatoms. The Bertz CT molecular complexity index is 527. The third-order valence-electron chi connectivity index (χ3n) is 2.37. The fourth-order valence-corrected chi connectivity index (χ4v) is 2.00. The molecule has 2 heterocycles. The summed E-state index contributed by atoms with van der Waals surface area (Å²) in [5.41, 5.74) is 1.87. The summed E-state index contributed by atoms with van der Waals surface area (Å²) in [7, 11) is 0. The highest BCUT2D eigenvalue weighted by atomic mass is 79.9. The molecule has 90 valence electrons. The van der Waals surface area contributed by atoms with Crippen LogP contribution in [0, 0.1) is 6.92 Å². The van der Waals surface area contributed by atoms with Gasteiger partial charge in [-0.25, -0.2) is 4.98 Å². The third-order valence-corrected chi connectivity index (χ3v) is 3.10. The Balaban J connectivity index is 2.18. The molecule has 2 rings (SSSR count). The van der Waals surface area contributed by atoms with Gasteiger partial charge in [-0.15, -0.1) is 0 Å². The highest BCUT2D eigenvalue weighted by Crippen LogP contribution is 2.27. The van der Waals surface area contributed by atoms with Crippen molar-refractivity contribution in [3.05, 3.63) is 45.5 Å². The molecule has 0 radical (unpaired) electrons. The molecule has 3 nitrogen and oxygen atoms in total. The molecule has 1 N–H and O–H groups in total. The van der Waals surface area contributed by atoms with Crippen LogP contribution in [0.1, 0.15) is 24.3 Å². The average Bonchev–Trinajstić information content (AvgIpc) is 2.70. The van der Waals surface area contributed by atoms with Crippen LogP contribution >= 0.6 is 27.5 Å². The number of furan rings is 1. The van der Waals surface area contributed by atoms with Crippen molar-refractivity contribution < 1.29 is 4.42 Å². The zero-order valence-corrected chi connectivity index (χ0v) is 11.8. The standard InChI is InChI=1S/C12H12BrClN2O/c1-7-5-9(12(14)15-6-7)16-8(2)10-3-4-11(13)17-10/h3-6,8,16H,1-2H3. The molecule has 0 fully saturated rings. The summed E-state index contributed by atoms with van der Waals surface area (Å²) in [4.78, 5) is 4.09. The van der Waals surface area contributed by atoms with Gasteiger partial charge in [0.25, 0.3) is 0 Å². The van der Waals surface area contributed by atoms with E-state index in [9.17, 15) is 0 Å². The van der Waals surface area contributed by atoms with Crippen LogP contribution < -0.4 is 5.32 Å². The number of halogens is 2. The van der Waals surface area contributed by atoms with Crippen LogP contribution in [-0.4, -0.2) is 4.98 Å². The molecule has 0 aliphatic heterocycles. The topological polar surface area (TPSA) is 38.1 Å². The molecule has 0 bridgehead atoms. The lowest BCUT2D eigenvalue weighted by molar-refractivity contribution is 0.471. The van der Waals surface area contributed by atoms with E-state index >= 15 is 0 Å². The second kappa shape index (κ2) is 5.10. The smallest absolute Gasteiger partial charge is 0.169 e. The summed E-state index contributed by atoms with van der Waals surface area (Å²) in [6.07, 6.45) is 1.74. The van der Waals surface area contributed by atoms with E-state index in [1.54, 1.807) is 6.20 Å². The van der Waals surface area contributed by atoms with Gasteiger partial charge in [0.05, 0.1) is 11.7 Å². The van der Waals surface area contributed by atoms with E-state index in [2.05, 4.69) is 26.2 Å². The first-order chi connectivity index (χ1) is 8.06. The van der Waals surface area contributed by atoms with E-state index in [4.69, 9.17) is 16.0 Å². The van der Waals surface area contributed by atoms with Gasteiger partial charge in [-0.1, -0.05) is 11.6 Å². The molecule has 0 saturated carbocycles. The van der Waals surface area contributed by atoms with Gasteiger partial charge in [-0.3, -0.25) is 0 Å². The molecule has 17 heavy (non-hydrogen) atoms. The molecule has 0 aliphatic carbocycles. The van der Waals surface area contributed by atoms with Crippen molar-refractivity contribution in [3.63, 3.8) is 0 Å². The maximum Gasteiger partial charge on any atom is 0.169 e. The molecule has 1 atom stereocenters. The van der Waals surface area contributed by atoms with Crippen LogP contribution in [0.4, 0.5) is 5.69 Å². The van der Waals surface area contributed by atoms with E-state index in [0.29, 0.717) is 5.15 Å². The number of hydrogen-bond acceptors (Lipinski definition) is 3.